The molecule has 0 aliphatic carbocycles. The van der Waals surface area contributed by atoms with Crippen LogP contribution in [0.4, 0.5) is 0 Å². The predicted molar refractivity (Wildman–Crippen MR) is 80.5 cm³/mol. The van der Waals surface area contributed by atoms with Gasteiger partial charge in [-0.2, -0.15) is 4.91 Å². The van der Waals surface area contributed by atoms with Crippen molar-refractivity contribution >= 4 is 0 Å². The highest BCUT2D eigenvalue weighted by molar-refractivity contribution is 5.24. The lowest BCUT2D eigenvalue weighted by atomic mass is 9.95. The molecule has 1 saturated heterocycles. The number of hydrogen-bond donors (Lipinski definition) is 0. The average molecular weight is 266 g/mol. The Bertz CT molecular complexity index is 556. The molecule has 2 aromatic rings. The van der Waals surface area contributed by atoms with E-state index in [-0.39, 0.29) is 12.0 Å². The topological polar surface area (TPSA) is 32.7 Å². The van der Waals surface area contributed by atoms with E-state index in [2.05, 4.69) is 46.5 Å². The van der Waals surface area contributed by atoms with Crippen LogP contribution in [-0.2, 0) is 6.54 Å². The van der Waals surface area contributed by atoms with Gasteiger partial charge in [0.15, 0.2) is 0 Å². The first-order valence-electron chi connectivity index (χ1n) is 7.00. The van der Waals surface area contributed by atoms with Crippen LogP contribution in [0.2, 0.25) is 0 Å². The van der Waals surface area contributed by atoms with Crippen molar-refractivity contribution < 1.29 is 0 Å². The van der Waals surface area contributed by atoms with Gasteiger partial charge < -0.3 is 0 Å². The highest BCUT2D eigenvalue weighted by Crippen LogP contribution is 2.30. The fourth-order valence-electron chi connectivity index (χ4n) is 2.97. The zero-order valence-electron chi connectivity index (χ0n) is 11.4. The van der Waals surface area contributed by atoms with Crippen LogP contribution in [0.3, 0.4) is 0 Å². The summed E-state index contributed by atoms with van der Waals surface area (Å²) in [6.07, 6.45) is 0. The summed E-state index contributed by atoms with van der Waals surface area (Å²) < 4.78 is 0. The highest BCUT2D eigenvalue weighted by atomic mass is 16.3. The second kappa shape index (κ2) is 5.97. The zero-order valence-corrected chi connectivity index (χ0v) is 11.4. The third-order valence-electron chi connectivity index (χ3n) is 3.98. The molecule has 0 spiro atoms. The van der Waals surface area contributed by atoms with Gasteiger partial charge in [0.1, 0.15) is 6.04 Å². The molecule has 2 aromatic carbocycles. The lowest BCUT2D eigenvalue weighted by molar-refractivity contribution is 0.324. The second-order valence-corrected chi connectivity index (χ2v) is 5.37. The molecule has 3 nitrogen and oxygen atoms in total. The number of rotatable bonds is 4. The van der Waals surface area contributed by atoms with Crippen LogP contribution in [0.15, 0.2) is 65.8 Å². The molecule has 1 aliphatic heterocycles. The molecule has 0 amide bonds. The third kappa shape index (κ3) is 2.78. The van der Waals surface area contributed by atoms with E-state index in [9.17, 15) is 4.91 Å². The van der Waals surface area contributed by atoms with Crippen LogP contribution in [0.25, 0.3) is 0 Å². The molecule has 0 bridgehead atoms. The number of nitroso groups, excluding NO2 is 1. The zero-order chi connectivity index (χ0) is 13.8. The molecule has 1 aliphatic rings. The molecule has 0 saturated carbocycles. The first kappa shape index (κ1) is 13.0. The Kier molecular flexibility index (Phi) is 3.88. The smallest absolute Gasteiger partial charge is 0.113 e. The van der Waals surface area contributed by atoms with Crippen molar-refractivity contribution in [2.24, 2.45) is 5.18 Å². The summed E-state index contributed by atoms with van der Waals surface area (Å²) in [6, 6.07) is 20.5. The fourth-order valence-corrected chi connectivity index (χ4v) is 2.97. The summed E-state index contributed by atoms with van der Waals surface area (Å²) in [6.45, 7) is 2.53. The Morgan fingerprint density at radius 3 is 2.25 bits per heavy atom. The van der Waals surface area contributed by atoms with Gasteiger partial charge in [-0.1, -0.05) is 65.8 Å². The molecule has 3 heteroatoms. The number of nitrogens with zero attached hydrogens (tertiary/aromatic N) is 2. The largest absolute Gasteiger partial charge is 0.296 e. The summed E-state index contributed by atoms with van der Waals surface area (Å²) in [5.41, 5.74) is 2.50. The van der Waals surface area contributed by atoms with Gasteiger partial charge in [-0.15, -0.1) is 0 Å². The van der Waals surface area contributed by atoms with Crippen molar-refractivity contribution in [3.05, 3.63) is 76.7 Å². The maximum Gasteiger partial charge on any atom is 0.113 e. The maximum absolute atomic E-state index is 11.1. The minimum Gasteiger partial charge on any atom is -0.296 e. The van der Waals surface area contributed by atoms with E-state index in [4.69, 9.17) is 0 Å². The van der Waals surface area contributed by atoms with E-state index in [0.717, 1.165) is 19.6 Å². The minimum absolute atomic E-state index is 0.138. The van der Waals surface area contributed by atoms with Gasteiger partial charge in [-0.25, -0.2) is 0 Å². The van der Waals surface area contributed by atoms with Crippen molar-refractivity contribution in [3.63, 3.8) is 0 Å². The van der Waals surface area contributed by atoms with Crippen LogP contribution in [0.1, 0.15) is 17.0 Å². The molecular weight excluding hydrogens is 248 g/mol. The van der Waals surface area contributed by atoms with Crippen LogP contribution < -0.4 is 0 Å². The van der Waals surface area contributed by atoms with Crippen LogP contribution in [0, 0.1) is 4.91 Å². The van der Waals surface area contributed by atoms with Crippen LogP contribution in [0.5, 0.6) is 0 Å². The summed E-state index contributed by atoms with van der Waals surface area (Å²) in [4.78, 5) is 13.4. The van der Waals surface area contributed by atoms with E-state index >= 15 is 0 Å². The molecule has 2 atom stereocenters. The van der Waals surface area contributed by atoms with Gasteiger partial charge in [0.2, 0.25) is 0 Å². The van der Waals surface area contributed by atoms with E-state index in [1.165, 1.54) is 11.1 Å². The molecule has 102 valence electrons. The number of hydrogen-bond acceptors (Lipinski definition) is 3. The number of benzene rings is 2. The van der Waals surface area contributed by atoms with Crippen molar-refractivity contribution in [1.29, 1.82) is 0 Å². The predicted octanol–water partition coefficient (Wildman–Crippen LogP) is 3.42. The van der Waals surface area contributed by atoms with Crippen molar-refractivity contribution in [2.75, 3.05) is 13.1 Å². The third-order valence-corrected chi connectivity index (χ3v) is 3.98. The first-order chi connectivity index (χ1) is 9.86. The van der Waals surface area contributed by atoms with Crippen LogP contribution in [-0.4, -0.2) is 24.0 Å². The second-order valence-electron chi connectivity index (χ2n) is 5.37. The molecule has 1 fully saturated rings. The van der Waals surface area contributed by atoms with E-state index < -0.39 is 0 Å². The van der Waals surface area contributed by atoms with Crippen molar-refractivity contribution in [1.82, 2.24) is 4.90 Å². The SMILES string of the molecule is O=N[C@@H]1CN(Cc2ccccc2)C[C@H]1c1ccccc1. The highest BCUT2D eigenvalue weighted by Gasteiger charge is 2.34. The Balaban J connectivity index is 1.73. The Morgan fingerprint density at radius 2 is 1.60 bits per heavy atom. The summed E-state index contributed by atoms with van der Waals surface area (Å²) >= 11 is 0. The lowest BCUT2D eigenvalue weighted by Gasteiger charge is -2.15. The monoisotopic (exact) mass is 266 g/mol. The minimum atomic E-state index is -0.138. The molecule has 3 rings (SSSR count). The molecule has 1 heterocycles. The molecule has 20 heavy (non-hydrogen) atoms. The molecular formula is C17H18N2O. The molecule has 0 unspecified atom stereocenters. The lowest BCUT2D eigenvalue weighted by Crippen LogP contribution is -2.20. The van der Waals surface area contributed by atoms with Crippen molar-refractivity contribution in [3.8, 4) is 0 Å². The average Bonchev–Trinajstić information content (AvgIpc) is 2.92. The Morgan fingerprint density at radius 1 is 0.950 bits per heavy atom. The Labute approximate surface area is 119 Å². The van der Waals surface area contributed by atoms with Gasteiger partial charge in [0.05, 0.1) is 0 Å². The van der Waals surface area contributed by atoms with Gasteiger partial charge in [0.25, 0.3) is 0 Å². The Hall–Kier alpha value is -2.00. The van der Waals surface area contributed by atoms with Gasteiger partial charge in [-0.3, -0.25) is 4.90 Å². The summed E-state index contributed by atoms with van der Waals surface area (Å²) in [5, 5.41) is 3.35. The molecule has 0 radical (unpaired) electrons. The number of likely N-dealkylation sites (tertiary alicyclic amines) is 1. The van der Waals surface area contributed by atoms with Crippen LogP contribution >= 0.6 is 0 Å². The van der Waals surface area contributed by atoms with E-state index in [1.807, 2.05) is 24.3 Å². The van der Waals surface area contributed by atoms with Crippen molar-refractivity contribution in [2.45, 2.75) is 18.5 Å². The maximum atomic E-state index is 11.1. The summed E-state index contributed by atoms with van der Waals surface area (Å²) in [5.74, 6) is 0.220. The normalized spacial score (nSPS) is 22.8. The van der Waals surface area contributed by atoms with Gasteiger partial charge in [0, 0.05) is 25.6 Å². The molecule has 0 aromatic heterocycles. The van der Waals surface area contributed by atoms with Gasteiger partial charge in [-0.05, 0) is 11.1 Å². The quantitative estimate of drug-likeness (QED) is 0.794. The van der Waals surface area contributed by atoms with E-state index in [1.54, 1.807) is 0 Å². The molecule has 0 N–H and O–H groups in total. The van der Waals surface area contributed by atoms with E-state index in [0.29, 0.717) is 0 Å². The first-order valence-corrected chi connectivity index (χ1v) is 7.00. The standard InChI is InChI=1S/C17H18N2O/c20-18-17-13-19(11-14-7-3-1-4-8-14)12-16(17)15-9-5-2-6-10-15/h1-10,16-17H,11-13H2/t16-,17+/m0/s1. The fraction of sp³-hybridized carbons (Fsp3) is 0.294. The van der Waals surface area contributed by atoms with Gasteiger partial charge >= 0.3 is 0 Å². The summed E-state index contributed by atoms with van der Waals surface area (Å²) in [7, 11) is 0.